The molecule has 3 rings (SSSR count). The maximum absolute atomic E-state index is 14.4. The third-order valence-electron chi connectivity index (χ3n) is 4.33. The van der Waals surface area contributed by atoms with Crippen LogP contribution in [0.1, 0.15) is 25.3 Å². The summed E-state index contributed by atoms with van der Waals surface area (Å²) < 4.78 is 85.7. The van der Waals surface area contributed by atoms with Crippen molar-refractivity contribution in [3.05, 3.63) is 35.7 Å². The molecule has 1 atom stereocenters. The molecule has 1 N–H and O–H groups in total. The fraction of sp³-hybridized carbons (Fsp3) is 0.467. The maximum atomic E-state index is 14.4. The van der Waals surface area contributed by atoms with Gasteiger partial charge in [0.15, 0.2) is 0 Å². The zero-order chi connectivity index (χ0) is 19.8. The van der Waals surface area contributed by atoms with Crippen LogP contribution < -0.4 is 4.72 Å². The van der Waals surface area contributed by atoms with E-state index in [1.165, 1.54) is 0 Å². The average molecular weight is 424 g/mol. The molecule has 1 aliphatic rings. The lowest BCUT2D eigenvalue weighted by atomic mass is 9.99. The molecular formula is C15H16F4N4O2S2. The number of hydrogen-bond acceptors (Lipinski definition) is 6. The fourth-order valence-corrected chi connectivity index (χ4v) is 4.66. The van der Waals surface area contributed by atoms with Crippen LogP contribution in [0.3, 0.4) is 0 Å². The highest BCUT2D eigenvalue weighted by Gasteiger charge is 2.38. The maximum Gasteiger partial charge on any atom is 0.266 e. The second-order valence-corrected chi connectivity index (χ2v) is 8.79. The van der Waals surface area contributed by atoms with Gasteiger partial charge in [-0.15, -0.1) is 0 Å². The molecule has 0 aliphatic carbocycles. The van der Waals surface area contributed by atoms with Gasteiger partial charge in [0.2, 0.25) is 5.13 Å². The zero-order valence-corrected chi connectivity index (χ0v) is 15.8. The molecule has 2 aromatic rings. The van der Waals surface area contributed by atoms with Gasteiger partial charge in [0, 0.05) is 49.1 Å². The number of benzene rings is 1. The summed E-state index contributed by atoms with van der Waals surface area (Å²) in [6.45, 7) is 1.53. The SMILES string of the molecule is C[C@@H]1CC(F)(F)CCN1Cc1cc(F)c(S(=O)(=O)Nc2ncns2)cc1F. The lowest BCUT2D eigenvalue weighted by molar-refractivity contribution is -0.0766. The van der Waals surface area contributed by atoms with Crippen molar-refractivity contribution < 1.29 is 26.0 Å². The van der Waals surface area contributed by atoms with Gasteiger partial charge in [0.05, 0.1) is 0 Å². The smallest absolute Gasteiger partial charge is 0.266 e. The van der Waals surface area contributed by atoms with Gasteiger partial charge in [-0.2, -0.15) is 4.37 Å². The minimum atomic E-state index is -4.38. The second kappa shape index (κ2) is 7.32. The third-order valence-corrected chi connectivity index (χ3v) is 6.39. The van der Waals surface area contributed by atoms with Gasteiger partial charge in [-0.1, -0.05) is 0 Å². The van der Waals surface area contributed by atoms with Crippen molar-refractivity contribution in [3.63, 3.8) is 0 Å². The van der Waals surface area contributed by atoms with Gasteiger partial charge in [0.25, 0.3) is 15.9 Å². The molecule has 6 nitrogen and oxygen atoms in total. The van der Waals surface area contributed by atoms with Crippen LogP contribution in [-0.4, -0.2) is 41.2 Å². The summed E-state index contributed by atoms with van der Waals surface area (Å²) in [5.41, 5.74) is -0.0977. The van der Waals surface area contributed by atoms with Crippen LogP contribution in [0, 0.1) is 11.6 Å². The van der Waals surface area contributed by atoms with Gasteiger partial charge in [0.1, 0.15) is 22.9 Å². The van der Waals surface area contributed by atoms with Crippen molar-refractivity contribution >= 4 is 26.7 Å². The number of nitrogens with one attached hydrogen (secondary N) is 1. The monoisotopic (exact) mass is 424 g/mol. The first-order valence-corrected chi connectivity index (χ1v) is 10.2. The van der Waals surface area contributed by atoms with Crippen molar-refractivity contribution in [1.82, 2.24) is 14.3 Å². The van der Waals surface area contributed by atoms with Crippen molar-refractivity contribution in [3.8, 4) is 0 Å². The minimum Gasteiger partial charge on any atom is -0.296 e. The Morgan fingerprint density at radius 3 is 2.70 bits per heavy atom. The highest BCUT2D eigenvalue weighted by molar-refractivity contribution is 7.93. The molecule has 1 aromatic carbocycles. The number of nitrogens with zero attached hydrogens (tertiary/aromatic N) is 3. The summed E-state index contributed by atoms with van der Waals surface area (Å²) in [6.07, 6.45) is 0.390. The number of sulfonamides is 1. The van der Waals surface area contributed by atoms with E-state index in [4.69, 9.17) is 0 Å². The topological polar surface area (TPSA) is 75.2 Å². The van der Waals surface area contributed by atoms with E-state index < -0.39 is 38.5 Å². The van der Waals surface area contributed by atoms with Gasteiger partial charge in [-0.05, 0) is 19.1 Å². The molecule has 0 amide bonds. The lowest BCUT2D eigenvalue weighted by Gasteiger charge is -2.37. The first-order valence-electron chi connectivity index (χ1n) is 7.97. The van der Waals surface area contributed by atoms with Crippen molar-refractivity contribution in [2.75, 3.05) is 11.3 Å². The van der Waals surface area contributed by atoms with Crippen LogP contribution in [-0.2, 0) is 16.6 Å². The van der Waals surface area contributed by atoms with Crippen LogP contribution in [0.25, 0.3) is 0 Å². The Hall–Kier alpha value is -1.79. The molecule has 1 aromatic heterocycles. The molecule has 1 fully saturated rings. The molecule has 0 spiro atoms. The standard InChI is InChI=1S/C15H16F4N4O2S2/c1-9-6-15(18,19)2-3-23(9)7-10-4-12(17)13(5-11(10)16)27(24,25)22-14-20-8-21-26-14/h4-5,8-9H,2-3,6-7H2,1H3,(H,20,21,22)/t9-/m1/s1. The molecule has 27 heavy (non-hydrogen) atoms. The largest absolute Gasteiger partial charge is 0.296 e. The van der Waals surface area contributed by atoms with Gasteiger partial charge < -0.3 is 0 Å². The van der Waals surface area contributed by atoms with Crippen molar-refractivity contribution in [2.24, 2.45) is 0 Å². The van der Waals surface area contributed by atoms with Crippen LogP contribution in [0.15, 0.2) is 23.4 Å². The Morgan fingerprint density at radius 2 is 2.07 bits per heavy atom. The number of rotatable bonds is 5. The van der Waals surface area contributed by atoms with Gasteiger partial charge in [-0.25, -0.2) is 31.0 Å². The van der Waals surface area contributed by atoms with E-state index in [1.54, 1.807) is 11.8 Å². The Bertz CT molecular complexity index is 922. The van der Waals surface area contributed by atoms with Crippen molar-refractivity contribution in [1.29, 1.82) is 0 Å². The molecular weight excluding hydrogens is 408 g/mol. The summed E-state index contributed by atoms with van der Waals surface area (Å²) in [7, 11) is -4.38. The van der Waals surface area contributed by atoms with E-state index in [1.807, 2.05) is 4.72 Å². The Labute approximate surface area is 157 Å². The third kappa shape index (κ3) is 4.55. The number of likely N-dealkylation sites (tertiary alicyclic amines) is 1. The molecule has 12 heteroatoms. The molecule has 0 bridgehead atoms. The minimum absolute atomic E-state index is 0.0356. The number of anilines is 1. The van der Waals surface area contributed by atoms with E-state index in [2.05, 4.69) is 9.36 Å². The molecule has 0 radical (unpaired) electrons. The molecule has 2 heterocycles. The fourth-order valence-electron chi connectivity index (χ4n) is 2.93. The summed E-state index contributed by atoms with van der Waals surface area (Å²) in [5, 5.41) is -0.0815. The summed E-state index contributed by atoms with van der Waals surface area (Å²) >= 11 is 0.745. The van der Waals surface area contributed by atoms with E-state index in [0.717, 1.165) is 23.9 Å². The Kier molecular flexibility index (Phi) is 5.41. The van der Waals surface area contributed by atoms with Crippen molar-refractivity contribution in [2.45, 2.75) is 43.2 Å². The van der Waals surface area contributed by atoms with Gasteiger partial charge >= 0.3 is 0 Å². The van der Waals surface area contributed by atoms with E-state index in [0.29, 0.717) is 6.07 Å². The Balaban J connectivity index is 1.81. The number of hydrogen-bond donors (Lipinski definition) is 1. The van der Waals surface area contributed by atoms with Crippen LogP contribution in [0.5, 0.6) is 0 Å². The van der Waals surface area contributed by atoms with E-state index >= 15 is 0 Å². The van der Waals surface area contributed by atoms with E-state index in [-0.39, 0.29) is 36.6 Å². The quantitative estimate of drug-likeness (QED) is 0.746. The summed E-state index contributed by atoms with van der Waals surface area (Å²) in [4.78, 5) is 4.38. The predicted molar refractivity (Wildman–Crippen MR) is 91.1 cm³/mol. The molecule has 148 valence electrons. The number of halogens is 4. The molecule has 1 aliphatic heterocycles. The molecule has 0 unspecified atom stereocenters. The number of piperidine rings is 1. The lowest BCUT2D eigenvalue weighted by Crippen LogP contribution is -2.45. The predicted octanol–water partition coefficient (Wildman–Crippen LogP) is 3.24. The average Bonchev–Trinajstić information content (AvgIpc) is 3.04. The van der Waals surface area contributed by atoms with Crippen LogP contribution >= 0.6 is 11.5 Å². The molecule has 0 saturated carbocycles. The summed E-state index contributed by atoms with van der Waals surface area (Å²) in [5.74, 6) is -4.84. The zero-order valence-electron chi connectivity index (χ0n) is 14.1. The second-order valence-electron chi connectivity index (χ2n) is 6.36. The van der Waals surface area contributed by atoms with Crippen LogP contribution in [0.4, 0.5) is 22.7 Å². The molecule has 1 saturated heterocycles. The van der Waals surface area contributed by atoms with E-state index in [9.17, 15) is 26.0 Å². The van der Waals surface area contributed by atoms with Crippen LogP contribution in [0.2, 0.25) is 0 Å². The highest BCUT2D eigenvalue weighted by Crippen LogP contribution is 2.33. The first-order chi connectivity index (χ1) is 12.6. The number of aromatic nitrogens is 2. The highest BCUT2D eigenvalue weighted by atomic mass is 32.2. The Morgan fingerprint density at radius 1 is 1.33 bits per heavy atom. The normalized spacial score (nSPS) is 20.6. The number of alkyl halides is 2. The summed E-state index contributed by atoms with van der Waals surface area (Å²) in [6, 6.07) is 0.847. The van der Waals surface area contributed by atoms with Gasteiger partial charge in [-0.3, -0.25) is 9.62 Å². The first kappa shape index (κ1) is 20.0.